The van der Waals surface area contributed by atoms with Crippen molar-refractivity contribution < 1.29 is 9.72 Å². The quantitative estimate of drug-likeness (QED) is 0.425. The fourth-order valence-corrected chi connectivity index (χ4v) is 1.65. The van der Waals surface area contributed by atoms with E-state index in [2.05, 4.69) is 0 Å². The zero-order chi connectivity index (χ0) is 11.7. The van der Waals surface area contributed by atoms with Crippen LogP contribution in [0.3, 0.4) is 0 Å². The lowest BCUT2D eigenvalue weighted by Crippen LogP contribution is -2.05. The number of nitrogens with zero attached hydrogens (tertiary/aromatic N) is 1. The predicted molar refractivity (Wildman–Crippen MR) is 57.3 cm³/mol. The Hall–Kier alpha value is -1.71. The standard InChI is InChI=1S/C11H13NO3/c1-6-5-10(12(14)15)11(9(4)13)8(3)7(6)2/h5H,1-4H3. The first-order valence-electron chi connectivity index (χ1n) is 4.62. The average Bonchev–Trinajstić information content (AvgIpc) is 2.12. The van der Waals surface area contributed by atoms with Crippen molar-refractivity contribution in [1.29, 1.82) is 0 Å². The molecule has 0 aliphatic rings. The fourth-order valence-electron chi connectivity index (χ4n) is 1.65. The molecule has 4 heteroatoms. The number of Topliss-reactive ketones (excluding diaryl/α,β-unsaturated/α-hetero) is 1. The van der Waals surface area contributed by atoms with Gasteiger partial charge in [0.15, 0.2) is 5.78 Å². The van der Waals surface area contributed by atoms with Gasteiger partial charge in [-0.05, 0) is 44.4 Å². The number of hydrogen-bond acceptors (Lipinski definition) is 3. The molecule has 0 bridgehead atoms. The van der Waals surface area contributed by atoms with E-state index in [1.807, 2.05) is 6.92 Å². The van der Waals surface area contributed by atoms with Crippen LogP contribution >= 0.6 is 0 Å². The number of carbonyl (C=O) groups is 1. The van der Waals surface area contributed by atoms with E-state index in [9.17, 15) is 14.9 Å². The van der Waals surface area contributed by atoms with Crippen LogP contribution in [0.4, 0.5) is 5.69 Å². The second kappa shape index (κ2) is 3.81. The molecule has 0 saturated heterocycles. The highest BCUT2D eigenvalue weighted by Gasteiger charge is 2.22. The largest absolute Gasteiger partial charge is 0.294 e. The second-order valence-electron chi connectivity index (χ2n) is 3.65. The molecular weight excluding hydrogens is 194 g/mol. The molecule has 0 atom stereocenters. The minimum absolute atomic E-state index is 0.0944. The molecule has 0 spiro atoms. The third-order valence-electron chi connectivity index (χ3n) is 2.69. The van der Waals surface area contributed by atoms with Crippen LogP contribution in [0, 0.1) is 30.9 Å². The predicted octanol–water partition coefficient (Wildman–Crippen LogP) is 2.72. The van der Waals surface area contributed by atoms with E-state index < -0.39 is 4.92 Å². The van der Waals surface area contributed by atoms with Crippen LogP contribution in [0.15, 0.2) is 6.07 Å². The van der Waals surface area contributed by atoms with E-state index in [1.54, 1.807) is 13.8 Å². The maximum absolute atomic E-state index is 11.4. The molecule has 1 aromatic rings. The number of ketones is 1. The minimum atomic E-state index is -0.504. The molecule has 0 fully saturated rings. The lowest BCUT2D eigenvalue weighted by atomic mass is 9.95. The third-order valence-corrected chi connectivity index (χ3v) is 2.69. The van der Waals surface area contributed by atoms with Crippen LogP contribution in [-0.2, 0) is 0 Å². The molecule has 0 N–H and O–H groups in total. The first kappa shape index (κ1) is 11.4. The van der Waals surface area contributed by atoms with Gasteiger partial charge in [-0.1, -0.05) is 0 Å². The Balaban J connectivity index is 3.65. The Morgan fingerprint density at radius 1 is 1.27 bits per heavy atom. The Kier molecular flexibility index (Phi) is 2.88. The lowest BCUT2D eigenvalue weighted by molar-refractivity contribution is -0.385. The number of rotatable bonds is 2. The van der Waals surface area contributed by atoms with Gasteiger partial charge in [-0.3, -0.25) is 14.9 Å². The molecular formula is C11H13NO3. The maximum Gasteiger partial charge on any atom is 0.280 e. The summed E-state index contributed by atoms with van der Waals surface area (Å²) in [5.41, 5.74) is 2.61. The molecule has 0 aromatic heterocycles. The van der Waals surface area contributed by atoms with Crippen molar-refractivity contribution in [1.82, 2.24) is 0 Å². The van der Waals surface area contributed by atoms with Crippen molar-refractivity contribution in [2.45, 2.75) is 27.7 Å². The highest BCUT2D eigenvalue weighted by Crippen LogP contribution is 2.27. The van der Waals surface area contributed by atoms with Gasteiger partial charge in [0.25, 0.3) is 5.69 Å². The molecule has 4 nitrogen and oxygen atoms in total. The SMILES string of the molecule is CC(=O)c1c([N+](=O)[O-])cc(C)c(C)c1C. The van der Waals surface area contributed by atoms with E-state index in [1.165, 1.54) is 13.0 Å². The number of aryl methyl sites for hydroxylation is 1. The van der Waals surface area contributed by atoms with Crippen molar-refractivity contribution in [3.05, 3.63) is 38.4 Å². The lowest BCUT2D eigenvalue weighted by Gasteiger charge is -2.09. The van der Waals surface area contributed by atoms with Crippen molar-refractivity contribution in [3.8, 4) is 0 Å². The summed E-state index contributed by atoms with van der Waals surface area (Å²) in [5, 5.41) is 10.8. The molecule has 0 aliphatic heterocycles. The van der Waals surface area contributed by atoms with Gasteiger partial charge in [-0.2, -0.15) is 0 Å². The van der Waals surface area contributed by atoms with Gasteiger partial charge in [0.2, 0.25) is 0 Å². The monoisotopic (exact) mass is 207 g/mol. The molecule has 0 saturated carbocycles. The fraction of sp³-hybridized carbons (Fsp3) is 0.364. The summed E-state index contributed by atoms with van der Waals surface area (Å²) in [6, 6.07) is 1.46. The van der Waals surface area contributed by atoms with Crippen LogP contribution in [0.5, 0.6) is 0 Å². The maximum atomic E-state index is 11.4. The van der Waals surface area contributed by atoms with Gasteiger partial charge in [-0.15, -0.1) is 0 Å². The Morgan fingerprint density at radius 3 is 2.20 bits per heavy atom. The smallest absolute Gasteiger partial charge is 0.280 e. The van der Waals surface area contributed by atoms with Crippen LogP contribution in [-0.4, -0.2) is 10.7 Å². The van der Waals surface area contributed by atoms with E-state index in [-0.39, 0.29) is 17.0 Å². The summed E-state index contributed by atoms with van der Waals surface area (Å²) < 4.78 is 0. The molecule has 0 radical (unpaired) electrons. The second-order valence-corrected chi connectivity index (χ2v) is 3.65. The number of benzene rings is 1. The number of nitro groups is 1. The van der Waals surface area contributed by atoms with Crippen molar-refractivity contribution >= 4 is 11.5 Å². The van der Waals surface area contributed by atoms with Gasteiger partial charge >= 0.3 is 0 Å². The van der Waals surface area contributed by atoms with E-state index in [0.29, 0.717) is 5.56 Å². The average molecular weight is 207 g/mol. The summed E-state index contributed by atoms with van der Waals surface area (Å²) in [5.74, 6) is -0.262. The van der Waals surface area contributed by atoms with Crippen LogP contribution in [0.1, 0.15) is 34.0 Å². The van der Waals surface area contributed by atoms with Crippen LogP contribution in [0.25, 0.3) is 0 Å². The van der Waals surface area contributed by atoms with Gasteiger partial charge in [0.05, 0.1) is 10.5 Å². The summed E-state index contributed by atoms with van der Waals surface area (Å²) in [7, 11) is 0. The highest BCUT2D eigenvalue weighted by molar-refractivity contribution is 6.00. The Labute approximate surface area is 88.1 Å². The van der Waals surface area contributed by atoms with Crippen molar-refractivity contribution in [2.24, 2.45) is 0 Å². The summed E-state index contributed by atoms with van der Waals surface area (Å²) >= 11 is 0. The normalized spacial score (nSPS) is 10.1. The van der Waals surface area contributed by atoms with Crippen LogP contribution < -0.4 is 0 Å². The van der Waals surface area contributed by atoms with Gasteiger partial charge in [-0.25, -0.2) is 0 Å². The van der Waals surface area contributed by atoms with Crippen molar-refractivity contribution in [3.63, 3.8) is 0 Å². The molecule has 1 aromatic carbocycles. The molecule has 80 valence electrons. The number of carbonyl (C=O) groups excluding carboxylic acids is 1. The molecule has 0 unspecified atom stereocenters. The molecule has 0 amide bonds. The molecule has 15 heavy (non-hydrogen) atoms. The minimum Gasteiger partial charge on any atom is -0.294 e. The Bertz CT molecular complexity index is 450. The number of hydrogen-bond donors (Lipinski definition) is 0. The van der Waals surface area contributed by atoms with Crippen molar-refractivity contribution in [2.75, 3.05) is 0 Å². The first-order valence-corrected chi connectivity index (χ1v) is 4.62. The highest BCUT2D eigenvalue weighted by atomic mass is 16.6. The van der Waals surface area contributed by atoms with Gasteiger partial charge in [0.1, 0.15) is 0 Å². The molecule has 1 rings (SSSR count). The molecule has 0 heterocycles. The summed E-state index contributed by atoms with van der Waals surface area (Å²) in [4.78, 5) is 21.6. The van der Waals surface area contributed by atoms with E-state index >= 15 is 0 Å². The third kappa shape index (κ3) is 1.88. The summed E-state index contributed by atoms with van der Waals surface area (Å²) in [6.07, 6.45) is 0. The summed E-state index contributed by atoms with van der Waals surface area (Å²) in [6.45, 7) is 6.76. The van der Waals surface area contributed by atoms with Gasteiger partial charge < -0.3 is 0 Å². The zero-order valence-corrected chi connectivity index (χ0v) is 9.25. The van der Waals surface area contributed by atoms with Crippen LogP contribution in [0.2, 0.25) is 0 Å². The topological polar surface area (TPSA) is 60.2 Å². The molecule has 0 aliphatic carbocycles. The number of nitro benzene ring substituents is 1. The zero-order valence-electron chi connectivity index (χ0n) is 9.25. The van der Waals surface area contributed by atoms with E-state index in [0.717, 1.165) is 11.1 Å². The first-order chi connectivity index (χ1) is 6.86. The Morgan fingerprint density at radius 2 is 1.80 bits per heavy atom. The van der Waals surface area contributed by atoms with Gasteiger partial charge in [0, 0.05) is 6.07 Å². The van der Waals surface area contributed by atoms with E-state index in [4.69, 9.17) is 0 Å².